The van der Waals surface area contributed by atoms with Gasteiger partial charge in [0.05, 0.1) is 46.7 Å². The molecule has 1 aromatic carbocycles. The van der Waals surface area contributed by atoms with Crippen molar-refractivity contribution in [1.82, 2.24) is 30.1 Å². The van der Waals surface area contributed by atoms with E-state index in [-0.39, 0.29) is 17.4 Å². The molecule has 11 nitrogen and oxygen atoms in total. The van der Waals surface area contributed by atoms with Crippen molar-refractivity contribution in [2.24, 2.45) is 11.7 Å². The van der Waals surface area contributed by atoms with E-state index in [0.29, 0.717) is 50.5 Å². The molecule has 0 saturated carbocycles. The molecule has 0 bridgehead atoms. The van der Waals surface area contributed by atoms with Gasteiger partial charge in [-0.15, -0.1) is 0 Å². The molecule has 0 aliphatic heterocycles. The minimum absolute atomic E-state index is 0.111. The summed E-state index contributed by atoms with van der Waals surface area (Å²) in [5.41, 5.74) is 11.7. The third-order valence-corrected chi connectivity index (χ3v) is 8.29. The number of nitrogens with one attached hydrogen (secondary N) is 3. The maximum absolute atomic E-state index is 14.6. The number of sulfone groups is 1. The molecule has 1 unspecified atom stereocenters. The van der Waals surface area contributed by atoms with E-state index >= 15 is 0 Å². The first kappa shape index (κ1) is 28.1. The summed E-state index contributed by atoms with van der Waals surface area (Å²) in [5.74, 6) is -0.897. The number of aromatic amines is 2. The van der Waals surface area contributed by atoms with Crippen LogP contribution >= 0.6 is 0 Å². The fourth-order valence-electron chi connectivity index (χ4n) is 4.80. The summed E-state index contributed by atoms with van der Waals surface area (Å²) in [5, 5.41) is 10.5. The van der Waals surface area contributed by atoms with Crippen molar-refractivity contribution in [3.63, 3.8) is 0 Å². The number of anilines is 1. The number of carbonyl (C=O) groups is 1. The van der Waals surface area contributed by atoms with Crippen LogP contribution in [-0.4, -0.2) is 50.7 Å². The number of nitrogens with zero attached hydrogens (tertiary/aromatic N) is 4. The zero-order valence-electron chi connectivity index (χ0n) is 23.4. The molecule has 5 N–H and O–H groups in total. The van der Waals surface area contributed by atoms with Crippen LogP contribution in [-0.2, 0) is 14.6 Å². The largest absolute Gasteiger partial charge is 0.352 e. The number of pyridine rings is 3. The molecule has 0 aliphatic carbocycles. The lowest BCUT2D eigenvalue weighted by Crippen LogP contribution is -2.20. The van der Waals surface area contributed by atoms with Crippen LogP contribution in [0.15, 0.2) is 67.4 Å². The highest BCUT2D eigenvalue weighted by molar-refractivity contribution is 7.90. The lowest BCUT2D eigenvalue weighted by Gasteiger charge is -2.12. The number of carbonyl (C=O) groups excluding carboxylic acids is 1. The smallest absolute Gasteiger partial charge is 0.226 e. The number of halogens is 1. The van der Waals surface area contributed by atoms with Gasteiger partial charge in [-0.25, -0.2) is 12.8 Å². The van der Waals surface area contributed by atoms with Gasteiger partial charge in [-0.1, -0.05) is 13.8 Å². The summed E-state index contributed by atoms with van der Waals surface area (Å²) in [7, 11) is -3.65. The summed E-state index contributed by atoms with van der Waals surface area (Å²) >= 11 is 0. The van der Waals surface area contributed by atoms with Crippen LogP contribution in [0.25, 0.3) is 55.6 Å². The molecule has 13 heteroatoms. The highest BCUT2D eigenvalue weighted by Gasteiger charge is 2.21. The number of benzene rings is 1. The normalized spacial score (nSPS) is 12.7. The molecule has 0 aliphatic rings. The van der Waals surface area contributed by atoms with Gasteiger partial charge in [-0.3, -0.25) is 24.8 Å². The second-order valence-corrected chi connectivity index (χ2v) is 12.8. The van der Waals surface area contributed by atoms with E-state index in [1.807, 2.05) is 32.0 Å². The number of rotatable bonds is 7. The van der Waals surface area contributed by atoms with Crippen LogP contribution in [0.3, 0.4) is 0 Å². The molecular weight excluding hydrogens is 571 g/mol. The fourth-order valence-corrected chi connectivity index (χ4v) is 5.43. The van der Waals surface area contributed by atoms with Gasteiger partial charge in [-0.05, 0) is 47.5 Å². The van der Waals surface area contributed by atoms with E-state index in [9.17, 15) is 17.6 Å². The minimum Gasteiger partial charge on any atom is -0.352 e. The van der Waals surface area contributed by atoms with Gasteiger partial charge in [0.25, 0.3) is 0 Å². The fraction of sp³-hybridized carbons (Fsp3) is 0.167. The first-order valence-corrected chi connectivity index (χ1v) is 15.3. The Kier molecular flexibility index (Phi) is 6.98. The number of H-pyrrole nitrogens is 2. The van der Waals surface area contributed by atoms with E-state index in [2.05, 4.69) is 35.5 Å². The van der Waals surface area contributed by atoms with Gasteiger partial charge in [0.2, 0.25) is 5.91 Å². The van der Waals surface area contributed by atoms with E-state index in [4.69, 9.17) is 5.73 Å². The van der Waals surface area contributed by atoms with E-state index < -0.39 is 21.0 Å². The Balaban J connectivity index is 1.41. The van der Waals surface area contributed by atoms with Gasteiger partial charge in [-0.2, -0.15) is 5.10 Å². The SMILES string of the molecule is CC(C)C(=O)Nc1cncc(-c2cc3c(-c4cc5c(-c6cc(F)cc(C(N)S(C)(=O)=O)c6)cncc5[nH]4)n[nH]c3cn2)c1. The zero-order valence-corrected chi connectivity index (χ0v) is 24.2. The Labute approximate surface area is 245 Å². The highest BCUT2D eigenvalue weighted by Crippen LogP contribution is 2.35. The van der Waals surface area contributed by atoms with Crippen LogP contribution < -0.4 is 11.1 Å². The van der Waals surface area contributed by atoms with Gasteiger partial charge in [0.15, 0.2) is 9.84 Å². The quantitative estimate of drug-likeness (QED) is 0.199. The van der Waals surface area contributed by atoms with Gasteiger partial charge < -0.3 is 16.0 Å². The second kappa shape index (κ2) is 10.7. The van der Waals surface area contributed by atoms with Crippen LogP contribution in [0.2, 0.25) is 0 Å². The van der Waals surface area contributed by atoms with Gasteiger partial charge in [0.1, 0.15) is 16.9 Å². The minimum atomic E-state index is -3.65. The molecule has 6 aromatic rings. The van der Waals surface area contributed by atoms with Gasteiger partial charge in [0, 0.05) is 46.5 Å². The van der Waals surface area contributed by atoms with Crippen molar-refractivity contribution in [1.29, 1.82) is 0 Å². The first-order valence-electron chi connectivity index (χ1n) is 13.3. The molecule has 0 spiro atoms. The Morgan fingerprint density at radius 3 is 2.49 bits per heavy atom. The average Bonchev–Trinajstić information content (AvgIpc) is 3.59. The molecule has 1 amide bonds. The predicted octanol–water partition coefficient (Wildman–Crippen LogP) is 4.97. The number of aromatic nitrogens is 6. The Morgan fingerprint density at radius 2 is 1.72 bits per heavy atom. The van der Waals surface area contributed by atoms with Crippen LogP contribution in [0, 0.1) is 11.7 Å². The molecule has 0 fully saturated rings. The summed E-state index contributed by atoms with van der Waals surface area (Å²) in [6.07, 6.45) is 9.18. The zero-order chi connectivity index (χ0) is 30.5. The maximum Gasteiger partial charge on any atom is 0.226 e. The molecule has 6 rings (SSSR count). The molecule has 0 radical (unpaired) electrons. The Morgan fingerprint density at radius 1 is 0.930 bits per heavy atom. The average molecular weight is 599 g/mol. The monoisotopic (exact) mass is 598 g/mol. The first-order chi connectivity index (χ1) is 20.5. The van der Waals surface area contributed by atoms with Crippen molar-refractivity contribution < 1.29 is 17.6 Å². The van der Waals surface area contributed by atoms with Gasteiger partial charge >= 0.3 is 0 Å². The maximum atomic E-state index is 14.6. The predicted molar refractivity (Wildman–Crippen MR) is 163 cm³/mol. The van der Waals surface area contributed by atoms with Crippen molar-refractivity contribution in [3.05, 3.63) is 78.8 Å². The topological polar surface area (TPSA) is 172 Å². The lowest BCUT2D eigenvalue weighted by molar-refractivity contribution is -0.118. The van der Waals surface area contributed by atoms with E-state index in [1.54, 1.807) is 37.1 Å². The molecule has 0 saturated heterocycles. The van der Waals surface area contributed by atoms with Crippen LogP contribution in [0.1, 0.15) is 24.8 Å². The standard InChI is InChI=1S/C30H27FN8O3S/c1-15(2)30(40)36-20-7-18(10-33-11-20)24-9-22-27(14-35-24)38-39-28(22)25-8-21-23(12-34-13-26(21)37-25)16-4-17(6-19(31)5-16)29(32)43(3,41)42/h4-15,29,37H,32H2,1-3H3,(H,36,40)(H,38,39). The van der Waals surface area contributed by atoms with Crippen molar-refractivity contribution in [2.75, 3.05) is 11.6 Å². The number of hydrogen-bond donors (Lipinski definition) is 4. The summed E-state index contributed by atoms with van der Waals surface area (Å²) < 4.78 is 38.7. The Bertz CT molecular complexity index is 2140. The summed E-state index contributed by atoms with van der Waals surface area (Å²) in [6.45, 7) is 3.63. The van der Waals surface area contributed by atoms with E-state index in [1.165, 1.54) is 6.07 Å². The van der Waals surface area contributed by atoms with Crippen LogP contribution in [0.4, 0.5) is 10.1 Å². The Hall–Kier alpha value is -5.01. The lowest BCUT2D eigenvalue weighted by atomic mass is 10.0. The second-order valence-electron chi connectivity index (χ2n) is 10.6. The van der Waals surface area contributed by atoms with Crippen LogP contribution in [0.5, 0.6) is 0 Å². The third-order valence-electron chi connectivity index (χ3n) is 7.09. The third kappa shape index (κ3) is 5.47. The molecule has 5 heterocycles. The molecular formula is C30H27FN8O3S. The molecule has 5 aromatic heterocycles. The number of amides is 1. The van der Waals surface area contributed by atoms with Crippen molar-refractivity contribution in [3.8, 4) is 33.8 Å². The van der Waals surface area contributed by atoms with E-state index in [0.717, 1.165) is 23.1 Å². The van der Waals surface area contributed by atoms with Crippen molar-refractivity contribution >= 4 is 43.2 Å². The molecule has 1 atom stereocenters. The molecule has 43 heavy (non-hydrogen) atoms. The van der Waals surface area contributed by atoms with Crippen molar-refractivity contribution in [2.45, 2.75) is 19.2 Å². The number of fused-ring (bicyclic) bond motifs is 2. The molecule has 218 valence electrons. The highest BCUT2D eigenvalue weighted by atomic mass is 32.2. The summed E-state index contributed by atoms with van der Waals surface area (Å²) in [4.78, 5) is 28.6. The number of nitrogens with two attached hydrogens (primary N) is 1. The summed E-state index contributed by atoms with van der Waals surface area (Å²) in [6, 6.07) is 9.57. The number of hydrogen-bond acceptors (Lipinski definition) is 8.